The topological polar surface area (TPSA) is 66.5 Å². The van der Waals surface area contributed by atoms with Crippen LogP contribution >= 0.6 is 0 Å². The molecule has 0 radical (unpaired) electrons. The molecular formula is C15H17NO2. The Kier molecular flexibility index (Phi) is 2.91. The minimum absolute atomic E-state index is 0.131. The number of anilines is 1. The molecule has 94 valence electrons. The molecule has 0 aliphatic heterocycles. The zero-order chi connectivity index (χ0) is 13.4. The first-order valence-electron chi connectivity index (χ1n) is 5.80. The van der Waals surface area contributed by atoms with Gasteiger partial charge in [-0.2, -0.15) is 0 Å². The average molecular weight is 243 g/mol. The van der Waals surface area contributed by atoms with E-state index in [1.807, 2.05) is 39.0 Å². The highest BCUT2D eigenvalue weighted by molar-refractivity contribution is 5.74. The van der Waals surface area contributed by atoms with Gasteiger partial charge in [-0.15, -0.1) is 0 Å². The Hall–Kier alpha value is -2.16. The molecule has 3 nitrogen and oxygen atoms in total. The van der Waals surface area contributed by atoms with Crippen LogP contribution in [-0.2, 0) is 0 Å². The fourth-order valence-electron chi connectivity index (χ4n) is 2.10. The molecule has 0 aromatic heterocycles. The molecule has 0 bridgehead atoms. The van der Waals surface area contributed by atoms with E-state index in [-0.39, 0.29) is 5.75 Å². The van der Waals surface area contributed by atoms with Crippen molar-refractivity contribution < 1.29 is 10.2 Å². The summed E-state index contributed by atoms with van der Waals surface area (Å²) in [5, 5.41) is 19.4. The van der Waals surface area contributed by atoms with E-state index < -0.39 is 0 Å². The first-order valence-corrected chi connectivity index (χ1v) is 5.80. The molecule has 0 saturated heterocycles. The molecule has 0 heterocycles. The Labute approximate surface area is 107 Å². The molecule has 2 aromatic carbocycles. The minimum atomic E-state index is 0.131. The summed E-state index contributed by atoms with van der Waals surface area (Å²) in [7, 11) is 0. The molecule has 0 aliphatic rings. The highest BCUT2D eigenvalue weighted by atomic mass is 16.3. The summed E-state index contributed by atoms with van der Waals surface area (Å²) in [5.41, 5.74) is 10.5. The van der Waals surface area contributed by atoms with Crippen LogP contribution < -0.4 is 5.73 Å². The highest BCUT2D eigenvalue weighted by Crippen LogP contribution is 2.34. The Balaban J connectivity index is 2.63. The van der Waals surface area contributed by atoms with Gasteiger partial charge in [-0.3, -0.25) is 0 Å². The molecule has 0 fully saturated rings. The molecule has 0 aliphatic carbocycles. The Morgan fingerprint density at radius 2 is 1.11 bits per heavy atom. The number of hydrogen-bond acceptors (Lipinski definition) is 3. The van der Waals surface area contributed by atoms with Crippen LogP contribution in [0.15, 0.2) is 24.3 Å². The van der Waals surface area contributed by atoms with E-state index in [1.54, 1.807) is 6.07 Å². The molecule has 0 amide bonds. The molecule has 3 heteroatoms. The van der Waals surface area contributed by atoms with Crippen LogP contribution in [0.1, 0.15) is 16.7 Å². The van der Waals surface area contributed by atoms with Crippen molar-refractivity contribution in [2.24, 2.45) is 0 Å². The van der Waals surface area contributed by atoms with Crippen molar-refractivity contribution in [1.29, 1.82) is 0 Å². The fourth-order valence-corrected chi connectivity index (χ4v) is 2.10. The third-order valence-electron chi connectivity index (χ3n) is 3.15. The fraction of sp³-hybridized carbons (Fsp3) is 0.200. The zero-order valence-corrected chi connectivity index (χ0v) is 10.8. The number of rotatable bonds is 1. The van der Waals surface area contributed by atoms with Gasteiger partial charge >= 0.3 is 0 Å². The maximum absolute atomic E-state index is 9.77. The van der Waals surface area contributed by atoms with Crippen LogP contribution in [0, 0.1) is 20.8 Å². The summed E-state index contributed by atoms with van der Waals surface area (Å²) in [6.07, 6.45) is 0. The number of benzene rings is 2. The third-order valence-corrected chi connectivity index (χ3v) is 3.15. The number of aromatic hydroxyl groups is 2. The van der Waals surface area contributed by atoms with E-state index in [2.05, 4.69) is 0 Å². The molecule has 0 spiro atoms. The van der Waals surface area contributed by atoms with Gasteiger partial charge in [0, 0.05) is 0 Å². The molecule has 2 rings (SSSR count). The lowest BCUT2D eigenvalue weighted by Crippen LogP contribution is -1.91. The second-order valence-electron chi connectivity index (χ2n) is 4.69. The van der Waals surface area contributed by atoms with Crippen LogP contribution in [0.2, 0.25) is 0 Å². The Bertz CT molecular complexity index is 516. The van der Waals surface area contributed by atoms with Gasteiger partial charge < -0.3 is 15.9 Å². The largest absolute Gasteiger partial charge is 0.507 e. The van der Waals surface area contributed by atoms with Crippen molar-refractivity contribution in [1.82, 2.24) is 0 Å². The van der Waals surface area contributed by atoms with Crippen molar-refractivity contribution >= 4 is 5.69 Å². The summed E-state index contributed by atoms with van der Waals surface area (Å²) in [6, 6.07) is 7.45. The highest BCUT2D eigenvalue weighted by Gasteiger charge is 2.09. The van der Waals surface area contributed by atoms with Gasteiger partial charge in [-0.25, -0.2) is 0 Å². The summed E-state index contributed by atoms with van der Waals surface area (Å²) < 4.78 is 0. The van der Waals surface area contributed by atoms with E-state index >= 15 is 0 Å². The summed E-state index contributed by atoms with van der Waals surface area (Å²) in [6.45, 7) is 5.54. The van der Waals surface area contributed by atoms with Gasteiger partial charge in [0.2, 0.25) is 0 Å². The van der Waals surface area contributed by atoms with Crippen molar-refractivity contribution in [3.8, 4) is 22.6 Å². The summed E-state index contributed by atoms with van der Waals surface area (Å²) in [4.78, 5) is 0. The van der Waals surface area contributed by atoms with Gasteiger partial charge in [0.05, 0.1) is 5.69 Å². The average Bonchev–Trinajstić information content (AvgIpc) is 2.31. The van der Waals surface area contributed by atoms with Crippen molar-refractivity contribution in [3.05, 3.63) is 41.0 Å². The first-order chi connectivity index (χ1) is 8.40. The van der Waals surface area contributed by atoms with Crippen molar-refractivity contribution in [2.45, 2.75) is 20.8 Å². The van der Waals surface area contributed by atoms with E-state index in [0.29, 0.717) is 11.4 Å². The number of nitrogen functional groups attached to an aromatic ring is 1. The van der Waals surface area contributed by atoms with Gasteiger partial charge in [-0.05, 0) is 72.9 Å². The first kappa shape index (κ1) is 12.3. The monoisotopic (exact) mass is 243 g/mol. The zero-order valence-electron chi connectivity index (χ0n) is 10.8. The van der Waals surface area contributed by atoms with Crippen LogP contribution in [0.3, 0.4) is 0 Å². The standard InChI is InChI=1S/C15H17NO2/c1-8-4-11(5-9(2)14(8)17)12-6-10(3)15(18)13(16)7-12/h4-7,17-18H,16H2,1-3H3. The number of aryl methyl sites for hydroxylation is 3. The second kappa shape index (κ2) is 4.26. The number of phenols is 2. The lowest BCUT2D eigenvalue weighted by molar-refractivity contribution is 0.467. The predicted octanol–water partition coefficient (Wildman–Crippen LogP) is 3.27. The van der Waals surface area contributed by atoms with Crippen LogP contribution in [0.4, 0.5) is 5.69 Å². The Morgan fingerprint density at radius 3 is 1.56 bits per heavy atom. The van der Waals surface area contributed by atoms with E-state index in [1.165, 1.54) is 0 Å². The molecular weight excluding hydrogens is 226 g/mol. The molecule has 4 N–H and O–H groups in total. The van der Waals surface area contributed by atoms with Crippen molar-refractivity contribution in [3.63, 3.8) is 0 Å². The van der Waals surface area contributed by atoms with Crippen LogP contribution in [0.5, 0.6) is 11.5 Å². The van der Waals surface area contributed by atoms with E-state index in [9.17, 15) is 10.2 Å². The predicted molar refractivity (Wildman–Crippen MR) is 73.8 cm³/mol. The van der Waals surface area contributed by atoms with Gasteiger partial charge in [0.25, 0.3) is 0 Å². The van der Waals surface area contributed by atoms with E-state index in [4.69, 9.17) is 5.73 Å². The smallest absolute Gasteiger partial charge is 0.141 e. The quantitative estimate of drug-likeness (QED) is 0.532. The van der Waals surface area contributed by atoms with Crippen molar-refractivity contribution in [2.75, 3.05) is 5.73 Å². The lowest BCUT2D eigenvalue weighted by Gasteiger charge is -2.11. The maximum Gasteiger partial charge on any atom is 0.141 e. The number of hydrogen-bond donors (Lipinski definition) is 3. The minimum Gasteiger partial charge on any atom is -0.507 e. The molecule has 0 unspecified atom stereocenters. The SMILES string of the molecule is Cc1cc(-c2cc(C)c(O)c(N)c2)cc(C)c1O. The summed E-state index contributed by atoms with van der Waals surface area (Å²) in [5.74, 6) is 0.452. The van der Waals surface area contributed by atoms with Gasteiger partial charge in [0.1, 0.15) is 11.5 Å². The van der Waals surface area contributed by atoms with Crippen LogP contribution in [0.25, 0.3) is 11.1 Å². The third kappa shape index (κ3) is 1.99. The number of nitrogens with two attached hydrogens (primary N) is 1. The molecule has 2 aromatic rings. The van der Waals surface area contributed by atoms with E-state index in [0.717, 1.165) is 27.8 Å². The molecule has 18 heavy (non-hydrogen) atoms. The Morgan fingerprint density at radius 1 is 0.722 bits per heavy atom. The van der Waals surface area contributed by atoms with Gasteiger partial charge in [-0.1, -0.05) is 0 Å². The lowest BCUT2D eigenvalue weighted by atomic mass is 9.97. The maximum atomic E-state index is 9.77. The number of phenolic OH excluding ortho intramolecular Hbond substituents is 2. The molecule has 0 atom stereocenters. The second-order valence-corrected chi connectivity index (χ2v) is 4.69. The normalized spacial score (nSPS) is 10.6. The van der Waals surface area contributed by atoms with Crippen LogP contribution in [-0.4, -0.2) is 10.2 Å². The molecule has 0 saturated carbocycles. The van der Waals surface area contributed by atoms with Gasteiger partial charge in [0.15, 0.2) is 0 Å². The summed E-state index contributed by atoms with van der Waals surface area (Å²) >= 11 is 0.